The summed E-state index contributed by atoms with van der Waals surface area (Å²) in [7, 11) is -3.76. The minimum atomic E-state index is -3.76. The second-order valence-corrected chi connectivity index (χ2v) is 7.79. The summed E-state index contributed by atoms with van der Waals surface area (Å²) < 4.78 is 26.6. The first-order chi connectivity index (χ1) is 12.8. The van der Waals surface area contributed by atoms with Gasteiger partial charge in [0.25, 0.3) is 10.0 Å². The fourth-order valence-electron chi connectivity index (χ4n) is 2.43. The zero-order valence-electron chi connectivity index (χ0n) is 14.3. The largest absolute Gasteiger partial charge is 0.354 e. The van der Waals surface area contributed by atoms with Gasteiger partial charge in [-0.1, -0.05) is 48.0 Å². The number of anilines is 2. The summed E-state index contributed by atoms with van der Waals surface area (Å²) in [5, 5.41) is 6.10. The number of Topliss-reactive ketones (excluding diaryl/α,β-unsaturated/α-hetero) is 1. The lowest BCUT2D eigenvalue weighted by atomic mass is 10.0. The van der Waals surface area contributed by atoms with Crippen molar-refractivity contribution in [1.29, 1.82) is 0 Å². The molecular weight excluding hydrogens is 386 g/mol. The van der Waals surface area contributed by atoms with E-state index in [1.165, 1.54) is 6.08 Å². The van der Waals surface area contributed by atoms with E-state index in [1.54, 1.807) is 0 Å². The van der Waals surface area contributed by atoms with Crippen LogP contribution in [0.15, 0.2) is 87.6 Å². The minimum Gasteiger partial charge on any atom is -0.354 e. The van der Waals surface area contributed by atoms with Crippen molar-refractivity contribution in [1.82, 2.24) is 0 Å². The highest BCUT2D eigenvalue weighted by Gasteiger charge is 2.28. The van der Waals surface area contributed by atoms with Crippen molar-refractivity contribution in [2.75, 3.05) is 16.9 Å². The van der Waals surface area contributed by atoms with Gasteiger partial charge in [0.15, 0.2) is 0 Å². The number of para-hydroxylation sites is 2. The Hall–Kier alpha value is -2.90. The molecule has 2 N–H and O–H groups in total. The fraction of sp³-hybridized carbons (Fsp3) is 0.0526. The normalized spacial score (nSPS) is 16.3. The second-order valence-electron chi connectivity index (χ2n) is 5.77. The third-order valence-corrected chi connectivity index (χ3v) is 4.45. The van der Waals surface area contributed by atoms with Crippen LogP contribution in [0, 0.1) is 0 Å². The molecule has 0 saturated heterocycles. The van der Waals surface area contributed by atoms with E-state index in [4.69, 9.17) is 11.6 Å². The van der Waals surface area contributed by atoms with Crippen LogP contribution in [0.1, 0.15) is 0 Å². The molecule has 0 radical (unpaired) electrons. The van der Waals surface area contributed by atoms with Gasteiger partial charge in [-0.15, -0.1) is 0 Å². The molecule has 138 valence electrons. The van der Waals surface area contributed by atoms with Gasteiger partial charge in [-0.25, -0.2) is 8.42 Å². The highest BCUT2D eigenvalue weighted by atomic mass is 35.5. The molecule has 6 nitrogen and oxygen atoms in total. The summed E-state index contributed by atoms with van der Waals surface area (Å²) in [6.07, 6.45) is 2.29. The van der Waals surface area contributed by atoms with E-state index >= 15 is 0 Å². The molecule has 0 unspecified atom stereocenters. The van der Waals surface area contributed by atoms with Gasteiger partial charge in [0.2, 0.25) is 5.78 Å². The van der Waals surface area contributed by atoms with Crippen LogP contribution < -0.4 is 10.6 Å². The van der Waals surface area contributed by atoms with Crippen LogP contribution >= 0.6 is 11.6 Å². The van der Waals surface area contributed by atoms with Gasteiger partial charge in [0.05, 0.1) is 17.6 Å². The van der Waals surface area contributed by atoms with Gasteiger partial charge in [-0.3, -0.25) is 4.79 Å². The summed E-state index contributed by atoms with van der Waals surface area (Å²) in [6, 6.07) is 18.4. The lowest BCUT2D eigenvalue weighted by Gasteiger charge is -2.22. The highest BCUT2D eigenvalue weighted by Crippen LogP contribution is 2.28. The molecule has 2 aromatic carbocycles. The molecule has 0 heterocycles. The molecule has 0 atom stereocenters. The third kappa shape index (κ3) is 4.84. The Kier molecular flexibility index (Phi) is 5.43. The van der Waals surface area contributed by atoms with E-state index in [9.17, 15) is 13.2 Å². The van der Waals surface area contributed by atoms with Crippen LogP contribution in [0.5, 0.6) is 0 Å². The summed E-state index contributed by atoms with van der Waals surface area (Å²) in [6.45, 7) is 0. The van der Waals surface area contributed by atoms with Gasteiger partial charge in [-0.2, -0.15) is 4.40 Å². The number of hydrogen-bond acceptors (Lipinski definition) is 5. The Morgan fingerprint density at radius 2 is 1.41 bits per heavy atom. The van der Waals surface area contributed by atoms with E-state index in [2.05, 4.69) is 15.0 Å². The lowest BCUT2D eigenvalue weighted by molar-refractivity contribution is -0.109. The van der Waals surface area contributed by atoms with E-state index < -0.39 is 15.8 Å². The smallest absolute Gasteiger partial charge is 0.250 e. The molecule has 1 aliphatic carbocycles. The van der Waals surface area contributed by atoms with Crippen LogP contribution in [-0.4, -0.2) is 26.2 Å². The standard InChI is InChI=1S/C19H16ClN3O3S/c1-27(25,26)23-16-12-15(21-13-8-4-2-5-9-13)18(17(20)19(16)24)22-14-10-6-3-7-11-14/h2-12,21-22H,1H3. The Balaban J connectivity index is 2.06. The maximum atomic E-state index is 12.5. The number of carbonyl (C=O) groups excluding carboxylic acids is 1. The van der Waals surface area contributed by atoms with Crippen molar-refractivity contribution < 1.29 is 13.2 Å². The number of allylic oxidation sites excluding steroid dienone is 2. The molecule has 0 fully saturated rings. The topological polar surface area (TPSA) is 87.6 Å². The number of benzene rings is 2. The zero-order chi connectivity index (χ0) is 19.4. The molecule has 0 amide bonds. The molecular formula is C19H16ClN3O3S. The summed E-state index contributed by atoms with van der Waals surface area (Å²) in [5.74, 6) is -0.667. The van der Waals surface area contributed by atoms with E-state index in [1.807, 2.05) is 60.7 Å². The van der Waals surface area contributed by atoms with Crippen molar-refractivity contribution in [3.05, 3.63) is 83.2 Å². The van der Waals surface area contributed by atoms with E-state index in [-0.39, 0.29) is 10.7 Å². The Morgan fingerprint density at radius 1 is 0.889 bits per heavy atom. The first kappa shape index (κ1) is 18.9. The maximum absolute atomic E-state index is 12.5. The van der Waals surface area contributed by atoms with Gasteiger partial charge in [0, 0.05) is 11.4 Å². The molecule has 0 bridgehead atoms. The zero-order valence-corrected chi connectivity index (χ0v) is 15.9. The number of sulfonamides is 1. The molecule has 0 spiro atoms. The van der Waals surface area contributed by atoms with Crippen molar-refractivity contribution >= 4 is 44.5 Å². The van der Waals surface area contributed by atoms with E-state index in [0.717, 1.165) is 17.6 Å². The van der Waals surface area contributed by atoms with Crippen LogP contribution in [0.3, 0.4) is 0 Å². The van der Waals surface area contributed by atoms with Gasteiger partial charge in [0.1, 0.15) is 10.7 Å². The monoisotopic (exact) mass is 401 g/mol. The molecule has 0 aromatic heterocycles. The average Bonchev–Trinajstić information content (AvgIpc) is 2.63. The molecule has 0 aliphatic heterocycles. The molecule has 3 rings (SSSR count). The second kappa shape index (κ2) is 7.77. The van der Waals surface area contributed by atoms with Crippen LogP contribution in [-0.2, 0) is 14.8 Å². The van der Waals surface area contributed by atoms with Crippen molar-refractivity contribution in [3.63, 3.8) is 0 Å². The van der Waals surface area contributed by atoms with Crippen LogP contribution in [0.25, 0.3) is 0 Å². The highest BCUT2D eigenvalue weighted by molar-refractivity contribution is 7.89. The average molecular weight is 402 g/mol. The quantitative estimate of drug-likeness (QED) is 0.748. The van der Waals surface area contributed by atoms with Crippen LogP contribution in [0.4, 0.5) is 11.4 Å². The van der Waals surface area contributed by atoms with Gasteiger partial charge in [-0.05, 0) is 30.3 Å². The Morgan fingerprint density at radius 3 is 1.93 bits per heavy atom. The number of rotatable bonds is 5. The minimum absolute atomic E-state index is 0.151. The van der Waals surface area contributed by atoms with Gasteiger partial charge >= 0.3 is 0 Å². The Bertz CT molecular complexity index is 1060. The first-order valence-electron chi connectivity index (χ1n) is 7.94. The van der Waals surface area contributed by atoms with Crippen molar-refractivity contribution in [3.8, 4) is 0 Å². The fourth-order valence-corrected chi connectivity index (χ4v) is 3.17. The number of hydrogen-bond donors (Lipinski definition) is 2. The number of ketones is 1. The van der Waals surface area contributed by atoms with Crippen LogP contribution in [0.2, 0.25) is 0 Å². The van der Waals surface area contributed by atoms with Gasteiger partial charge < -0.3 is 10.6 Å². The number of halogens is 1. The summed E-state index contributed by atoms with van der Waals surface area (Å²) >= 11 is 6.28. The predicted molar refractivity (Wildman–Crippen MR) is 108 cm³/mol. The molecule has 0 saturated carbocycles. The summed E-state index contributed by atoms with van der Waals surface area (Å²) in [4.78, 5) is 12.5. The number of carbonyl (C=O) groups is 1. The predicted octanol–water partition coefficient (Wildman–Crippen LogP) is 3.53. The number of nitrogens with one attached hydrogen (secondary N) is 2. The molecule has 2 aromatic rings. The van der Waals surface area contributed by atoms with Crippen molar-refractivity contribution in [2.24, 2.45) is 4.40 Å². The van der Waals surface area contributed by atoms with Crippen molar-refractivity contribution in [2.45, 2.75) is 0 Å². The molecule has 1 aliphatic rings. The molecule has 27 heavy (non-hydrogen) atoms. The Labute approximate surface area is 162 Å². The lowest BCUT2D eigenvalue weighted by Crippen LogP contribution is -2.26. The maximum Gasteiger partial charge on any atom is 0.250 e. The first-order valence-corrected chi connectivity index (χ1v) is 10.2. The number of nitrogens with zero attached hydrogens (tertiary/aromatic N) is 1. The third-order valence-electron chi connectivity index (χ3n) is 3.56. The molecule has 8 heteroatoms. The SMILES string of the molecule is CS(=O)(=O)N=C1C=C(Nc2ccccc2)C(Nc2ccccc2)=C(Cl)C1=O. The summed E-state index contributed by atoms with van der Waals surface area (Å²) in [5.41, 5.74) is 1.98. The van der Waals surface area contributed by atoms with E-state index in [0.29, 0.717) is 11.4 Å².